The molecule has 3 fully saturated rings. The molecule has 1 radical (unpaired) electrons. The van der Waals surface area contributed by atoms with Gasteiger partial charge in [-0.25, -0.2) is 0 Å². The minimum Gasteiger partial charge on any atom is -0.0533 e. The fraction of sp³-hybridized carbons (Fsp3) is 0.960. The largest absolute Gasteiger partial charge is 0.0533 e. The van der Waals surface area contributed by atoms with Gasteiger partial charge in [-0.2, -0.15) is 0 Å². The van der Waals surface area contributed by atoms with Crippen molar-refractivity contribution in [3.63, 3.8) is 0 Å². The van der Waals surface area contributed by atoms with Crippen LogP contribution in [0.1, 0.15) is 135 Å². The highest BCUT2D eigenvalue weighted by molar-refractivity contribution is 5.07. The van der Waals surface area contributed by atoms with E-state index in [0.717, 1.165) is 17.8 Å². The van der Waals surface area contributed by atoms with Crippen molar-refractivity contribution < 1.29 is 0 Å². The van der Waals surface area contributed by atoms with Crippen molar-refractivity contribution in [3.8, 4) is 0 Å². The van der Waals surface area contributed by atoms with Gasteiger partial charge in [0, 0.05) is 0 Å². The molecule has 3 aliphatic rings. The Hall–Kier alpha value is 0. The summed E-state index contributed by atoms with van der Waals surface area (Å²) < 4.78 is 0. The van der Waals surface area contributed by atoms with Crippen LogP contribution in [0.2, 0.25) is 0 Å². The molecule has 0 atom stereocenters. The molecular weight excluding hydrogens is 300 g/mol. The zero-order valence-corrected chi connectivity index (χ0v) is 17.1. The molecule has 0 aromatic carbocycles. The Morgan fingerprint density at radius 2 is 0.480 bits per heavy atom. The molecule has 0 nitrogen and oxygen atoms in total. The average Bonchev–Trinajstić information content (AvgIpc) is 2.51. The monoisotopic (exact) mass is 345 g/mol. The molecule has 25 heavy (non-hydrogen) atoms. The van der Waals surface area contributed by atoms with E-state index in [1.807, 2.05) is 0 Å². The fourth-order valence-electron chi connectivity index (χ4n) is 6.37. The average molecular weight is 346 g/mol. The van der Waals surface area contributed by atoms with Crippen molar-refractivity contribution >= 4 is 0 Å². The van der Waals surface area contributed by atoms with E-state index in [2.05, 4.69) is 5.92 Å². The van der Waals surface area contributed by atoms with Crippen molar-refractivity contribution in [2.75, 3.05) is 0 Å². The van der Waals surface area contributed by atoms with Crippen LogP contribution in [-0.4, -0.2) is 0 Å². The van der Waals surface area contributed by atoms with Crippen LogP contribution in [-0.2, 0) is 0 Å². The zero-order chi connectivity index (χ0) is 17.2. The normalized spacial score (nSPS) is 27.7. The Kier molecular flexibility index (Phi) is 9.21. The molecule has 3 rings (SSSR count). The second-order valence-electron chi connectivity index (χ2n) is 9.63. The Morgan fingerprint density at radius 1 is 0.280 bits per heavy atom. The first-order valence-corrected chi connectivity index (χ1v) is 12.3. The Bertz CT molecular complexity index is 257. The molecule has 3 aliphatic carbocycles. The van der Waals surface area contributed by atoms with Crippen molar-refractivity contribution in [2.45, 2.75) is 135 Å². The Labute approximate surface area is 158 Å². The van der Waals surface area contributed by atoms with E-state index in [0.29, 0.717) is 0 Å². The Morgan fingerprint density at radius 3 is 0.720 bits per heavy atom. The van der Waals surface area contributed by atoms with E-state index in [4.69, 9.17) is 0 Å². The van der Waals surface area contributed by atoms with Crippen LogP contribution in [0.4, 0.5) is 0 Å². The molecule has 3 saturated carbocycles. The highest BCUT2D eigenvalue weighted by Crippen LogP contribution is 2.47. The smallest absolute Gasteiger partial charge is 0.0148 e. The van der Waals surface area contributed by atoms with E-state index >= 15 is 0 Å². The molecule has 0 amide bonds. The standard InChI is InChI=1S/C25H45/c1-4-10-16-22(17-11-5-1)25(23-18-12-6-2-7-13-19-23)24-20-14-8-3-9-15-21-24/h22-24H,1-21H2. The summed E-state index contributed by atoms with van der Waals surface area (Å²) in [5, 5.41) is 0. The van der Waals surface area contributed by atoms with Gasteiger partial charge in [-0.15, -0.1) is 0 Å². The van der Waals surface area contributed by atoms with Crippen LogP contribution in [0, 0.1) is 23.7 Å². The summed E-state index contributed by atoms with van der Waals surface area (Å²) in [7, 11) is 0. The Balaban J connectivity index is 1.72. The third-order valence-electron chi connectivity index (χ3n) is 7.73. The predicted octanol–water partition coefficient (Wildman–Crippen LogP) is 8.64. The number of hydrogen-bond donors (Lipinski definition) is 0. The van der Waals surface area contributed by atoms with Gasteiger partial charge >= 0.3 is 0 Å². The van der Waals surface area contributed by atoms with E-state index in [1.54, 1.807) is 38.5 Å². The molecule has 0 bridgehead atoms. The van der Waals surface area contributed by atoms with Gasteiger partial charge in [-0.3, -0.25) is 0 Å². The summed E-state index contributed by atoms with van der Waals surface area (Å²) in [5.41, 5.74) is 0. The lowest BCUT2D eigenvalue weighted by atomic mass is 9.64. The lowest BCUT2D eigenvalue weighted by Gasteiger charge is -2.41. The van der Waals surface area contributed by atoms with E-state index in [9.17, 15) is 0 Å². The van der Waals surface area contributed by atoms with Crippen molar-refractivity contribution in [1.29, 1.82) is 0 Å². The first kappa shape index (κ1) is 19.8. The molecule has 0 aliphatic heterocycles. The van der Waals surface area contributed by atoms with Gasteiger partial charge in [0.1, 0.15) is 0 Å². The van der Waals surface area contributed by atoms with E-state index in [-0.39, 0.29) is 0 Å². The SMILES string of the molecule is C1CCCC([C](C2CCCCCCC2)C2CCCCCCC2)CCC1. The topological polar surface area (TPSA) is 0 Å². The summed E-state index contributed by atoms with van der Waals surface area (Å²) in [5.74, 6) is 5.17. The van der Waals surface area contributed by atoms with Crippen LogP contribution >= 0.6 is 0 Å². The van der Waals surface area contributed by atoms with Gasteiger partial charge in [-0.1, -0.05) is 96.3 Å². The predicted molar refractivity (Wildman–Crippen MR) is 111 cm³/mol. The third kappa shape index (κ3) is 6.59. The molecule has 145 valence electrons. The first-order valence-electron chi connectivity index (χ1n) is 12.3. The van der Waals surface area contributed by atoms with Gasteiger partial charge < -0.3 is 0 Å². The summed E-state index contributed by atoms with van der Waals surface area (Å²) in [6.45, 7) is 0. The van der Waals surface area contributed by atoms with Crippen molar-refractivity contribution in [3.05, 3.63) is 5.92 Å². The van der Waals surface area contributed by atoms with Gasteiger partial charge in [0.15, 0.2) is 0 Å². The van der Waals surface area contributed by atoms with Gasteiger partial charge in [0.25, 0.3) is 0 Å². The maximum Gasteiger partial charge on any atom is -0.0148 e. The summed E-state index contributed by atoms with van der Waals surface area (Å²) in [4.78, 5) is 0. The van der Waals surface area contributed by atoms with Crippen molar-refractivity contribution in [1.82, 2.24) is 0 Å². The maximum absolute atomic E-state index is 2.14. The minimum absolute atomic E-state index is 1.01. The summed E-state index contributed by atoms with van der Waals surface area (Å²) in [6.07, 6.45) is 32.0. The molecule has 0 N–H and O–H groups in total. The van der Waals surface area contributed by atoms with Crippen molar-refractivity contribution in [2.24, 2.45) is 17.8 Å². The summed E-state index contributed by atoms with van der Waals surface area (Å²) in [6, 6.07) is 0. The van der Waals surface area contributed by atoms with Crippen LogP contribution in [0.5, 0.6) is 0 Å². The second-order valence-corrected chi connectivity index (χ2v) is 9.63. The van der Waals surface area contributed by atoms with Gasteiger partial charge in [0.2, 0.25) is 0 Å². The second kappa shape index (κ2) is 11.7. The molecular formula is C25H45. The van der Waals surface area contributed by atoms with Crippen LogP contribution < -0.4 is 0 Å². The lowest BCUT2D eigenvalue weighted by molar-refractivity contribution is 0.224. The zero-order valence-electron chi connectivity index (χ0n) is 17.1. The molecule has 0 heterocycles. The molecule has 0 spiro atoms. The quantitative estimate of drug-likeness (QED) is 0.480. The first-order chi connectivity index (χ1) is 12.4. The maximum atomic E-state index is 2.14. The minimum atomic E-state index is 1.01. The molecule has 0 saturated heterocycles. The molecule has 0 heteroatoms. The third-order valence-corrected chi connectivity index (χ3v) is 7.73. The van der Waals surface area contributed by atoms with Gasteiger partial charge in [-0.05, 0) is 62.2 Å². The number of rotatable bonds is 3. The highest BCUT2D eigenvalue weighted by atomic mass is 14.4. The fourth-order valence-corrected chi connectivity index (χ4v) is 6.37. The van der Waals surface area contributed by atoms with Crippen LogP contribution in [0.3, 0.4) is 0 Å². The molecule has 0 aromatic rings. The van der Waals surface area contributed by atoms with E-state index in [1.165, 1.54) is 96.3 Å². The van der Waals surface area contributed by atoms with E-state index < -0.39 is 0 Å². The lowest BCUT2D eigenvalue weighted by Crippen LogP contribution is -2.30. The molecule has 0 unspecified atom stereocenters. The van der Waals surface area contributed by atoms with Crippen LogP contribution in [0.25, 0.3) is 0 Å². The summed E-state index contributed by atoms with van der Waals surface area (Å²) >= 11 is 0. The van der Waals surface area contributed by atoms with Crippen LogP contribution in [0.15, 0.2) is 0 Å². The highest BCUT2D eigenvalue weighted by Gasteiger charge is 2.35. The molecule has 0 aromatic heterocycles. The number of hydrogen-bond acceptors (Lipinski definition) is 0. The van der Waals surface area contributed by atoms with Gasteiger partial charge in [0.05, 0.1) is 0 Å².